The van der Waals surface area contributed by atoms with E-state index in [4.69, 9.17) is 0 Å². The van der Waals surface area contributed by atoms with Gasteiger partial charge in [0.25, 0.3) is 10.2 Å². The molecule has 2 aliphatic rings. The first-order valence-corrected chi connectivity index (χ1v) is 10.8. The molecule has 3 heterocycles. The van der Waals surface area contributed by atoms with E-state index in [9.17, 15) is 13.2 Å². The molecule has 27 heavy (non-hydrogen) atoms. The molecule has 0 aromatic carbocycles. The summed E-state index contributed by atoms with van der Waals surface area (Å²) in [6.07, 6.45) is 3.30. The number of anilines is 1. The average molecular weight is 397 g/mol. The van der Waals surface area contributed by atoms with Crippen LogP contribution in [0.4, 0.5) is 5.82 Å². The molecule has 9 nitrogen and oxygen atoms in total. The largest absolute Gasteiger partial charge is 0.373 e. The summed E-state index contributed by atoms with van der Waals surface area (Å²) in [6, 6.07) is 1.42. The van der Waals surface area contributed by atoms with Gasteiger partial charge in [-0.2, -0.15) is 17.0 Å². The Bertz CT molecular complexity index is 794. The number of carbonyl (C=O) groups excluding carboxylic acids is 1. The Morgan fingerprint density at radius 2 is 1.96 bits per heavy atom. The van der Waals surface area contributed by atoms with E-state index < -0.39 is 10.2 Å². The molecule has 1 unspecified atom stereocenters. The molecule has 0 bridgehead atoms. The van der Waals surface area contributed by atoms with E-state index in [0.29, 0.717) is 49.9 Å². The lowest BCUT2D eigenvalue weighted by Gasteiger charge is -2.28. The fourth-order valence-corrected chi connectivity index (χ4v) is 5.47. The first-order chi connectivity index (χ1) is 12.8. The van der Waals surface area contributed by atoms with Crippen LogP contribution in [0.25, 0.3) is 0 Å². The fraction of sp³-hybridized carbons (Fsp3) is 0.706. The van der Waals surface area contributed by atoms with Crippen molar-refractivity contribution in [2.75, 3.05) is 39.0 Å². The number of hydrogen-bond acceptors (Lipinski definition) is 6. The molecule has 10 heteroatoms. The SMILES string of the molecule is CNc1cc(CN(C)C(C)=O)nc(C2CCCN2S(=O)(=O)N2CCCC2)n1. The van der Waals surface area contributed by atoms with Crippen LogP contribution >= 0.6 is 0 Å². The predicted octanol–water partition coefficient (Wildman–Crippen LogP) is 0.974. The van der Waals surface area contributed by atoms with Gasteiger partial charge in [-0.1, -0.05) is 0 Å². The van der Waals surface area contributed by atoms with Crippen molar-refractivity contribution in [3.05, 3.63) is 17.6 Å². The monoisotopic (exact) mass is 396 g/mol. The minimum atomic E-state index is -3.50. The zero-order valence-corrected chi connectivity index (χ0v) is 17.0. The molecule has 0 aliphatic carbocycles. The summed E-state index contributed by atoms with van der Waals surface area (Å²) in [7, 11) is -0.0299. The zero-order valence-electron chi connectivity index (χ0n) is 16.2. The van der Waals surface area contributed by atoms with Crippen LogP contribution < -0.4 is 5.32 Å². The van der Waals surface area contributed by atoms with E-state index in [-0.39, 0.29) is 11.9 Å². The normalized spacial score (nSPS) is 21.5. The van der Waals surface area contributed by atoms with Gasteiger partial charge in [-0.3, -0.25) is 4.79 Å². The first kappa shape index (κ1) is 20.0. The van der Waals surface area contributed by atoms with Gasteiger partial charge in [0, 0.05) is 46.7 Å². The minimum Gasteiger partial charge on any atom is -0.373 e. The second-order valence-electron chi connectivity index (χ2n) is 7.11. The number of amides is 1. The summed E-state index contributed by atoms with van der Waals surface area (Å²) in [5, 5.41) is 3.01. The maximum Gasteiger partial charge on any atom is 0.282 e. The van der Waals surface area contributed by atoms with E-state index in [0.717, 1.165) is 19.3 Å². The van der Waals surface area contributed by atoms with Crippen molar-refractivity contribution in [2.24, 2.45) is 0 Å². The molecular formula is C17H28N6O3S. The van der Waals surface area contributed by atoms with E-state index >= 15 is 0 Å². The molecule has 1 amide bonds. The Morgan fingerprint density at radius 1 is 1.26 bits per heavy atom. The van der Waals surface area contributed by atoms with Crippen molar-refractivity contribution in [3.63, 3.8) is 0 Å². The second kappa shape index (κ2) is 8.07. The van der Waals surface area contributed by atoms with Crippen LogP contribution in [-0.4, -0.2) is 71.5 Å². The van der Waals surface area contributed by atoms with Gasteiger partial charge in [-0.25, -0.2) is 9.97 Å². The van der Waals surface area contributed by atoms with Gasteiger partial charge in [0.05, 0.1) is 18.3 Å². The van der Waals surface area contributed by atoms with Gasteiger partial charge in [-0.05, 0) is 25.7 Å². The van der Waals surface area contributed by atoms with Gasteiger partial charge in [0.15, 0.2) is 0 Å². The van der Waals surface area contributed by atoms with Crippen molar-refractivity contribution in [1.82, 2.24) is 23.5 Å². The number of carbonyl (C=O) groups is 1. The number of hydrogen-bond donors (Lipinski definition) is 1. The van der Waals surface area contributed by atoms with Gasteiger partial charge in [0.2, 0.25) is 5.91 Å². The second-order valence-corrected chi connectivity index (χ2v) is 8.99. The lowest BCUT2D eigenvalue weighted by molar-refractivity contribution is -0.128. The molecule has 2 aliphatic heterocycles. The van der Waals surface area contributed by atoms with Gasteiger partial charge in [0.1, 0.15) is 11.6 Å². The van der Waals surface area contributed by atoms with E-state index in [1.807, 2.05) is 0 Å². The number of rotatable bonds is 6. The third-order valence-electron chi connectivity index (χ3n) is 5.18. The fourth-order valence-electron chi connectivity index (χ4n) is 3.57. The summed E-state index contributed by atoms with van der Waals surface area (Å²) in [5.74, 6) is 1.06. The van der Waals surface area contributed by atoms with Gasteiger partial charge in [-0.15, -0.1) is 0 Å². The molecule has 150 valence electrons. The third-order valence-corrected chi connectivity index (χ3v) is 7.23. The minimum absolute atomic E-state index is 0.0553. The molecule has 1 aromatic rings. The average Bonchev–Trinajstić information content (AvgIpc) is 3.33. The number of nitrogens with one attached hydrogen (secondary N) is 1. The topological polar surface area (TPSA) is 98.7 Å². The van der Waals surface area contributed by atoms with Gasteiger partial charge < -0.3 is 10.2 Å². The highest BCUT2D eigenvalue weighted by atomic mass is 32.2. The van der Waals surface area contributed by atoms with E-state index in [2.05, 4.69) is 15.3 Å². The Hall–Kier alpha value is -1.78. The van der Waals surface area contributed by atoms with Crippen LogP contribution in [0.15, 0.2) is 6.07 Å². The van der Waals surface area contributed by atoms with Crippen LogP contribution in [-0.2, 0) is 21.5 Å². The summed E-state index contributed by atoms with van der Waals surface area (Å²) in [4.78, 5) is 22.2. The predicted molar refractivity (Wildman–Crippen MR) is 102 cm³/mol. The van der Waals surface area contributed by atoms with Crippen LogP contribution in [0.1, 0.15) is 50.2 Å². The molecule has 0 spiro atoms. The highest BCUT2D eigenvalue weighted by Gasteiger charge is 2.41. The molecule has 3 rings (SSSR count). The van der Waals surface area contributed by atoms with Crippen LogP contribution in [0, 0.1) is 0 Å². The Kier molecular flexibility index (Phi) is 5.97. The molecule has 1 aromatic heterocycles. The molecule has 1 N–H and O–H groups in total. The third kappa shape index (κ3) is 4.22. The summed E-state index contributed by atoms with van der Waals surface area (Å²) in [6.45, 7) is 3.50. The van der Waals surface area contributed by atoms with Crippen LogP contribution in [0.2, 0.25) is 0 Å². The van der Waals surface area contributed by atoms with Gasteiger partial charge >= 0.3 is 0 Å². The number of nitrogens with zero attached hydrogens (tertiary/aromatic N) is 5. The Morgan fingerprint density at radius 3 is 2.59 bits per heavy atom. The van der Waals surface area contributed by atoms with E-state index in [1.165, 1.54) is 6.92 Å². The summed E-state index contributed by atoms with van der Waals surface area (Å²) < 4.78 is 29.2. The molecule has 1 atom stereocenters. The van der Waals surface area contributed by atoms with E-state index in [1.54, 1.807) is 33.7 Å². The Labute approximate surface area is 160 Å². The summed E-state index contributed by atoms with van der Waals surface area (Å²) >= 11 is 0. The molecule has 2 saturated heterocycles. The highest BCUT2D eigenvalue weighted by molar-refractivity contribution is 7.86. The van der Waals surface area contributed by atoms with Crippen molar-refractivity contribution < 1.29 is 13.2 Å². The Balaban J connectivity index is 1.90. The van der Waals surface area contributed by atoms with Crippen LogP contribution in [0.5, 0.6) is 0 Å². The lowest BCUT2D eigenvalue weighted by atomic mass is 10.2. The van der Waals surface area contributed by atoms with Crippen molar-refractivity contribution >= 4 is 21.9 Å². The highest BCUT2D eigenvalue weighted by Crippen LogP contribution is 2.35. The smallest absolute Gasteiger partial charge is 0.282 e. The maximum absolute atomic E-state index is 13.1. The molecule has 0 radical (unpaired) electrons. The number of aromatic nitrogens is 2. The molecule has 2 fully saturated rings. The summed E-state index contributed by atoms with van der Waals surface area (Å²) in [5.41, 5.74) is 0.687. The lowest BCUT2D eigenvalue weighted by Crippen LogP contribution is -2.42. The quantitative estimate of drug-likeness (QED) is 0.769. The first-order valence-electron chi connectivity index (χ1n) is 9.37. The van der Waals surface area contributed by atoms with Crippen molar-refractivity contribution in [3.8, 4) is 0 Å². The molecular weight excluding hydrogens is 368 g/mol. The standard InChI is InChI=1S/C17H28N6O3S/c1-13(24)21(3)12-14-11-16(18-2)20-17(19-14)15-7-6-10-23(15)27(25,26)22-8-4-5-9-22/h11,15H,4-10,12H2,1-3H3,(H,18,19,20). The zero-order chi connectivity index (χ0) is 19.6. The molecule has 0 saturated carbocycles. The van der Waals surface area contributed by atoms with Crippen molar-refractivity contribution in [1.29, 1.82) is 0 Å². The van der Waals surface area contributed by atoms with Crippen LogP contribution in [0.3, 0.4) is 0 Å². The van der Waals surface area contributed by atoms with Crippen molar-refractivity contribution in [2.45, 2.75) is 45.2 Å². The maximum atomic E-state index is 13.1.